The number of alkyl halides is 3. The summed E-state index contributed by atoms with van der Waals surface area (Å²) in [6, 6.07) is -1.22. The first-order valence-corrected chi connectivity index (χ1v) is 24.9. The molecule has 0 aromatic carbocycles. The van der Waals surface area contributed by atoms with E-state index in [1.54, 1.807) is 27.7 Å². The maximum absolute atomic E-state index is 13.2. The van der Waals surface area contributed by atoms with Gasteiger partial charge in [0.1, 0.15) is 24.9 Å². The van der Waals surface area contributed by atoms with E-state index in [4.69, 9.17) is 53.8 Å². The first-order valence-electron chi connectivity index (χ1n) is 22.7. The fraction of sp³-hybridized carbons (Fsp3) is 0.911. The zero-order chi connectivity index (χ0) is 43.5. The minimum Gasteiger partial charge on any atom is -0.460 e. The predicted molar refractivity (Wildman–Crippen MR) is 243 cm³/mol. The predicted octanol–water partition coefficient (Wildman–Crippen LogP) is 14.3. The monoisotopic (exact) mass is 901 g/mol. The van der Waals surface area contributed by atoms with Crippen molar-refractivity contribution >= 4 is 70.6 Å². The van der Waals surface area contributed by atoms with Crippen LogP contribution in [0, 0.1) is 0 Å². The molecule has 0 rings (SSSR count). The number of nitrogens with one attached hydrogen (secondary N) is 1. The zero-order valence-corrected chi connectivity index (χ0v) is 40.4. The van der Waals surface area contributed by atoms with Gasteiger partial charge in [0.2, 0.25) is 3.79 Å². The number of carbonyl (C=O) groups is 4. The average molecular weight is 904 g/mol. The minimum absolute atomic E-state index is 0.0866. The summed E-state index contributed by atoms with van der Waals surface area (Å²) in [5, 5.41) is 2.47. The quantitative estimate of drug-likeness (QED) is 0.0214. The minimum atomic E-state index is -1.84. The van der Waals surface area contributed by atoms with Crippen LogP contribution in [0.5, 0.6) is 0 Å². The lowest BCUT2D eigenvalue weighted by Crippen LogP contribution is -2.47. The van der Waals surface area contributed by atoms with Crippen LogP contribution < -0.4 is 5.32 Å². The molecule has 0 unspecified atom stereocenters. The molecule has 342 valence electrons. The molecule has 0 aromatic heterocycles. The van der Waals surface area contributed by atoms with Crippen molar-refractivity contribution in [2.24, 2.45) is 0 Å². The van der Waals surface area contributed by atoms with Gasteiger partial charge in [0.15, 0.2) is 4.93 Å². The van der Waals surface area contributed by atoms with Crippen LogP contribution in [0.25, 0.3) is 0 Å². The third-order valence-electron chi connectivity index (χ3n) is 9.70. The van der Waals surface area contributed by atoms with E-state index >= 15 is 0 Å². The highest BCUT2D eigenvalue weighted by Gasteiger charge is 2.36. The second-order valence-corrected chi connectivity index (χ2v) is 21.0. The van der Waals surface area contributed by atoms with Crippen molar-refractivity contribution in [2.75, 3.05) is 19.0 Å². The van der Waals surface area contributed by atoms with Gasteiger partial charge in [-0.1, -0.05) is 203 Å². The van der Waals surface area contributed by atoms with E-state index in [2.05, 4.69) is 19.2 Å². The molecule has 9 nitrogen and oxygen atoms in total. The number of thioether (sulfide) groups is 1. The van der Waals surface area contributed by atoms with E-state index < -0.39 is 45.0 Å². The van der Waals surface area contributed by atoms with Gasteiger partial charge in [-0.2, -0.15) is 0 Å². The molecule has 0 bridgehead atoms. The van der Waals surface area contributed by atoms with Crippen LogP contribution in [-0.2, 0) is 33.3 Å². The summed E-state index contributed by atoms with van der Waals surface area (Å²) in [4.78, 5) is 50.4. The molecule has 0 saturated carbocycles. The summed E-state index contributed by atoms with van der Waals surface area (Å²) < 4.78 is 20.3. The third kappa shape index (κ3) is 37.9. The van der Waals surface area contributed by atoms with Gasteiger partial charge in [0, 0.05) is 18.6 Å². The van der Waals surface area contributed by atoms with Crippen LogP contribution in [0.1, 0.15) is 221 Å². The van der Waals surface area contributed by atoms with Crippen molar-refractivity contribution in [1.82, 2.24) is 5.32 Å². The Balaban J connectivity index is 5.10. The van der Waals surface area contributed by atoms with Crippen molar-refractivity contribution in [3.05, 3.63) is 0 Å². The molecule has 0 aromatic rings. The Morgan fingerprint density at radius 2 is 0.897 bits per heavy atom. The third-order valence-corrected chi connectivity index (χ3v) is 11.3. The number of carbonyl (C=O) groups excluding carboxylic acids is 4. The molecular formula is C45H82Cl3NO8S. The number of hydrogen-bond donors (Lipinski definition) is 1. The summed E-state index contributed by atoms with van der Waals surface area (Å²) in [5.41, 5.74) is -0.851. The van der Waals surface area contributed by atoms with E-state index in [0.29, 0.717) is 6.42 Å². The fourth-order valence-electron chi connectivity index (χ4n) is 6.38. The number of unbranched alkanes of at least 4 members (excludes halogenated alkanes) is 24. The van der Waals surface area contributed by atoms with E-state index in [-0.39, 0.29) is 31.2 Å². The van der Waals surface area contributed by atoms with Crippen LogP contribution in [0.2, 0.25) is 0 Å². The van der Waals surface area contributed by atoms with Crippen molar-refractivity contribution in [3.63, 3.8) is 0 Å². The molecule has 0 saturated heterocycles. The average Bonchev–Trinajstić information content (AvgIpc) is 3.14. The highest BCUT2D eigenvalue weighted by atomic mass is 35.6. The van der Waals surface area contributed by atoms with Crippen molar-refractivity contribution in [2.45, 2.75) is 242 Å². The number of amides is 1. The summed E-state index contributed by atoms with van der Waals surface area (Å²) in [6.07, 6.45) is 30.7. The molecular weight excluding hydrogens is 821 g/mol. The maximum Gasteiger partial charge on any atom is 0.408 e. The molecule has 0 fully saturated rings. The Morgan fingerprint density at radius 1 is 0.517 bits per heavy atom. The summed E-state index contributed by atoms with van der Waals surface area (Å²) in [6.45, 7) is 10.5. The number of alkyl carbamates (subject to hydrolysis) is 1. The maximum atomic E-state index is 13.2. The van der Waals surface area contributed by atoms with Gasteiger partial charge >= 0.3 is 24.0 Å². The number of hydrogen-bond acceptors (Lipinski definition) is 9. The number of halogens is 3. The second kappa shape index (κ2) is 35.5. The Morgan fingerprint density at radius 3 is 1.28 bits per heavy atom. The van der Waals surface area contributed by atoms with Gasteiger partial charge in [-0.15, -0.1) is 11.8 Å². The normalized spacial score (nSPS) is 13.4. The fourth-order valence-corrected chi connectivity index (χ4v) is 7.58. The van der Waals surface area contributed by atoms with Crippen LogP contribution in [0.15, 0.2) is 0 Å². The van der Waals surface area contributed by atoms with Crippen LogP contribution in [0.3, 0.4) is 0 Å². The zero-order valence-electron chi connectivity index (χ0n) is 37.3. The smallest absolute Gasteiger partial charge is 0.408 e. The SMILES string of the molecule is CCCCCCCCCCCCCCCC(=O)OC[C@](C)(OC(=O)CCCCCCCCCCCCCCC)SC[C@H](NC(=O)OCC(Cl)(Cl)Cl)C(=O)OC(C)(C)C. The van der Waals surface area contributed by atoms with E-state index in [1.165, 1.54) is 122 Å². The summed E-state index contributed by atoms with van der Waals surface area (Å²) in [5.74, 6) is -1.61. The number of ether oxygens (including phenoxy) is 4. The molecule has 58 heavy (non-hydrogen) atoms. The van der Waals surface area contributed by atoms with Gasteiger partial charge in [0.25, 0.3) is 0 Å². The lowest BCUT2D eigenvalue weighted by atomic mass is 10.0. The van der Waals surface area contributed by atoms with Gasteiger partial charge in [-0.25, -0.2) is 9.59 Å². The summed E-state index contributed by atoms with van der Waals surface area (Å²) in [7, 11) is 0. The van der Waals surface area contributed by atoms with Crippen molar-refractivity contribution < 1.29 is 38.1 Å². The molecule has 2 atom stereocenters. The molecule has 0 aliphatic rings. The molecule has 0 heterocycles. The molecule has 0 spiro atoms. The lowest BCUT2D eigenvalue weighted by molar-refractivity contribution is -0.161. The Hall–Kier alpha value is -1.10. The second-order valence-electron chi connectivity index (χ2n) is 17.0. The highest BCUT2D eigenvalue weighted by Crippen LogP contribution is 2.30. The standard InChI is InChI=1S/C45H82Cl3NO8S/c1-7-9-11-13-15-17-19-21-23-25-27-29-31-33-39(50)54-36-44(6,56-40(51)34-32-30-28-26-24-22-20-18-16-14-12-10-8-2)58-35-38(41(52)57-43(3,4)5)49-42(53)55-37-45(46,47)48/h38H,7-37H2,1-6H3,(H,49,53)/t38-,44+/m0/s1. The lowest BCUT2D eigenvalue weighted by Gasteiger charge is -2.31. The van der Waals surface area contributed by atoms with E-state index in [0.717, 1.165) is 50.3 Å². The van der Waals surface area contributed by atoms with Gasteiger partial charge in [0.05, 0.1) is 0 Å². The van der Waals surface area contributed by atoms with Crippen LogP contribution in [0.4, 0.5) is 4.79 Å². The Bertz CT molecular complexity index is 1070. The van der Waals surface area contributed by atoms with E-state index in [1.807, 2.05) is 0 Å². The molecule has 0 aliphatic heterocycles. The number of rotatable bonds is 37. The molecule has 0 radical (unpaired) electrons. The Labute approximate surface area is 372 Å². The van der Waals surface area contributed by atoms with E-state index in [9.17, 15) is 19.2 Å². The highest BCUT2D eigenvalue weighted by molar-refractivity contribution is 8.00. The van der Waals surface area contributed by atoms with Crippen LogP contribution >= 0.6 is 46.6 Å². The molecule has 13 heteroatoms. The largest absolute Gasteiger partial charge is 0.460 e. The first-order chi connectivity index (χ1) is 27.5. The summed E-state index contributed by atoms with van der Waals surface area (Å²) >= 11 is 18.2. The molecule has 1 amide bonds. The molecule has 1 N–H and O–H groups in total. The Kier molecular flexibility index (Phi) is 34.8. The van der Waals surface area contributed by atoms with Crippen LogP contribution in [-0.4, -0.2) is 63.3 Å². The van der Waals surface area contributed by atoms with Gasteiger partial charge in [-0.3, -0.25) is 9.59 Å². The number of esters is 3. The van der Waals surface area contributed by atoms with Crippen molar-refractivity contribution in [3.8, 4) is 0 Å². The van der Waals surface area contributed by atoms with Crippen molar-refractivity contribution in [1.29, 1.82) is 0 Å². The first kappa shape index (κ1) is 56.9. The van der Waals surface area contributed by atoms with Gasteiger partial charge < -0.3 is 24.3 Å². The molecule has 0 aliphatic carbocycles. The topological polar surface area (TPSA) is 117 Å². The van der Waals surface area contributed by atoms with Gasteiger partial charge in [-0.05, 0) is 40.5 Å².